The van der Waals surface area contributed by atoms with Crippen molar-refractivity contribution in [2.45, 2.75) is 32.4 Å². The van der Waals surface area contributed by atoms with Crippen LogP contribution in [0.4, 0.5) is 4.39 Å². The lowest BCUT2D eigenvalue weighted by Crippen LogP contribution is -2.36. The van der Waals surface area contributed by atoms with Gasteiger partial charge in [-0.1, -0.05) is 23.7 Å². The van der Waals surface area contributed by atoms with E-state index in [0.29, 0.717) is 40.4 Å². The van der Waals surface area contributed by atoms with Crippen molar-refractivity contribution in [2.75, 3.05) is 13.2 Å². The highest BCUT2D eigenvalue weighted by molar-refractivity contribution is 7.12. The molecule has 4 aromatic rings. The quantitative estimate of drug-likeness (QED) is 0.258. The van der Waals surface area contributed by atoms with Gasteiger partial charge in [0.15, 0.2) is 0 Å². The summed E-state index contributed by atoms with van der Waals surface area (Å²) in [5, 5.41) is 7.21. The van der Waals surface area contributed by atoms with Crippen molar-refractivity contribution >= 4 is 28.8 Å². The second-order valence-electron chi connectivity index (χ2n) is 8.61. The average molecular weight is 526 g/mol. The maximum absolute atomic E-state index is 14.0. The molecular weight excluding hydrogens is 501 g/mol. The van der Waals surface area contributed by atoms with Gasteiger partial charge in [-0.25, -0.2) is 9.07 Å². The minimum Gasteiger partial charge on any atom is -0.438 e. The molecule has 5 rings (SSSR count). The predicted molar refractivity (Wildman–Crippen MR) is 138 cm³/mol. The second kappa shape index (κ2) is 10.8. The van der Waals surface area contributed by atoms with Crippen LogP contribution in [0.2, 0.25) is 5.02 Å². The topological polar surface area (TPSA) is 56.6 Å². The zero-order chi connectivity index (χ0) is 25.1. The van der Waals surface area contributed by atoms with Crippen LogP contribution >= 0.6 is 22.9 Å². The summed E-state index contributed by atoms with van der Waals surface area (Å²) in [7, 11) is 0. The molecule has 0 unspecified atom stereocenters. The number of carbonyl (C=O) groups is 1. The van der Waals surface area contributed by atoms with Crippen LogP contribution in [0.25, 0.3) is 5.69 Å². The first kappa shape index (κ1) is 24.5. The van der Waals surface area contributed by atoms with Gasteiger partial charge in [0.25, 0.3) is 5.91 Å². The lowest BCUT2D eigenvalue weighted by Gasteiger charge is -2.25. The molecule has 2 aromatic carbocycles. The standard InChI is InChI=1S/C27H25ClFN3O3S/c1-18-24(17-31(16-23-7-3-13-34-23)26(33)25-8-4-14-36-25)27(35-22-6-2-5-20(29)15-22)32(30-18)21-11-9-19(28)10-12-21/h2,4-6,8-12,14-15,23H,3,7,13,16-17H2,1H3/t23-/m0/s1. The molecule has 0 bridgehead atoms. The summed E-state index contributed by atoms with van der Waals surface area (Å²) in [5.41, 5.74) is 2.17. The van der Waals surface area contributed by atoms with Crippen LogP contribution in [0, 0.1) is 12.7 Å². The van der Waals surface area contributed by atoms with E-state index >= 15 is 0 Å². The first-order chi connectivity index (χ1) is 17.5. The average Bonchev–Trinajstić information content (AvgIpc) is 3.63. The molecule has 36 heavy (non-hydrogen) atoms. The van der Waals surface area contributed by atoms with E-state index in [2.05, 4.69) is 0 Å². The SMILES string of the molecule is Cc1nn(-c2ccc(Cl)cc2)c(Oc2cccc(F)c2)c1CN(C[C@@H]1CCCO1)C(=O)c1cccs1. The molecule has 186 valence electrons. The molecule has 1 fully saturated rings. The Morgan fingerprint density at radius 2 is 2.08 bits per heavy atom. The van der Waals surface area contributed by atoms with Crippen LogP contribution in [0.3, 0.4) is 0 Å². The molecule has 1 aliphatic heterocycles. The minimum atomic E-state index is -0.406. The fourth-order valence-corrected chi connectivity index (χ4v) is 5.04. The summed E-state index contributed by atoms with van der Waals surface area (Å²) in [6.45, 7) is 3.30. The molecule has 1 saturated heterocycles. The molecule has 3 heterocycles. The van der Waals surface area contributed by atoms with Crippen molar-refractivity contribution in [1.82, 2.24) is 14.7 Å². The number of thiophene rings is 1. The number of aromatic nitrogens is 2. The fourth-order valence-electron chi connectivity index (χ4n) is 4.22. The Bertz CT molecular complexity index is 1340. The van der Waals surface area contributed by atoms with Crippen LogP contribution < -0.4 is 4.74 Å². The molecule has 6 nitrogen and oxygen atoms in total. The van der Waals surface area contributed by atoms with Gasteiger partial charge >= 0.3 is 0 Å². The number of nitrogens with zero attached hydrogens (tertiary/aromatic N) is 3. The van der Waals surface area contributed by atoms with Crippen molar-refractivity contribution in [3.63, 3.8) is 0 Å². The molecule has 1 aliphatic rings. The number of halogens is 2. The first-order valence-electron chi connectivity index (χ1n) is 11.7. The van der Waals surface area contributed by atoms with Gasteiger partial charge < -0.3 is 14.4 Å². The van der Waals surface area contributed by atoms with Gasteiger partial charge in [-0.05, 0) is 67.6 Å². The third-order valence-corrected chi connectivity index (χ3v) is 7.15. The van der Waals surface area contributed by atoms with Gasteiger partial charge in [0, 0.05) is 24.2 Å². The summed E-state index contributed by atoms with van der Waals surface area (Å²) in [5.74, 6) is 0.269. The van der Waals surface area contributed by atoms with Crippen molar-refractivity contribution < 1.29 is 18.7 Å². The zero-order valence-electron chi connectivity index (χ0n) is 19.7. The summed E-state index contributed by atoms with van der Waals surface area (Å²) in [6.07, 6.45) is 1.87. The van der Waals surface area contributed by atoms with Crippen molar-refractivity contribution in [3.05, 3.63) is 93.0 Å². The van der Waals surface area contributed by atoms with E-state index in [4.69, 9.17) is 26.2 Å². The Hall–Kier alpha value is -3.20. The van der Waals surface area contributed by atoms with E-state index < -0.39 is 5.82 Å². The lowest BCUT2D eigenvalue weighted by molar-refractivity contribution is 0.0509. The highest BCUT2D eigenvalue weighted by Crippen LogP contribution is 2.33. The number of benzene rings is 2. The summed E-state index contributed by atoms with van der Waals surface area (Å²) >= 11 is 7.50. The largest absolute Gasteiger partial charge is 0.438 e. The number of hydrogen-bond donors (Lipinski definition) is 0. The minimum absolute atomic E-state index is 0.0203. The van der Waals surface area contributed by atoms with Crippen LogP contribution in [0.15, 0.2) is 66.0 Å². The Kier molecular flexibility index (Phi) is 7.36. The van der Waals surface area contributed by atoms with E-state index in [1.54, 1.807) is 33.8 Å². The second-order valence-corrected chi connectivity index (χ2v) is 10.00. The monoisotopic (exact) mass is 525 g/mol. The smallest absolute Gasteiger partial charge is 0.264 e. The van der Waals surface area contributed by atoms with Crippen molar-refractivity contribution in [1.29, 1.82) is 0 Å². The van der Waals surface area contributed by atoms with Gasteiger partial charge in [0.1, 0.15) is 11.6 Å². The van der Waals surface area contributed by atoms with Crippen LogP contribution in [-0.2, 0) is 11.3 Å². The van der Waals surface area contributed by atoms with E-state index in [1.165, 1.54) is 23.5 Å². The molecule has 9 heteroatoms. The number of aryl methyl sites for hydroxylation is 1. The maximum atomic E-state index is 14.0. The lowest BCUT2D eigenvalue weighted by atomic mass is 10.2. The Morgan fingerprint density at radius 1 is 1.25 bits per heavy atom. The number of hydrogen-bond acceptors (Lipinski definition) is 5. The van der Waals surface area contributed by atoms with Gasteiger partial charge in [-0.15, -0.1) is 11.3 Å². The molecular formula is C27H25ClFN3O3S. The zero-order valence-corrected chi connectivity index (χ0v) is 21.3. The van der Waals surface area contributed by atoms with Crippen LogP contribution in [-0.4, -0.2) is 39.8 Å². The van der Waals surface area contributed by atoms with Crippen LogP contribution in [0.1, 0.15) is 33.8 Å². The van der Waals surface area contributed by atoms with E-state index in [-0.39, 0.29) is 18.6 Å². The van der Waals surface area contributed by atoms with Crippen molar-refractivity contribution in [3.8, 4) is 17.3 Å². The molecule has 1 amide bonds. The van der Waals surface area contributed by atoms with Gasteiger partial charge in [-0.3, -0.25) is 4.79 Å². The van der Waals surface area contributed by atoms with E-state index in [1.807, 2.05) is 36.6 Å². The summed E-state index contributed by atoms with van der Waals surface area (Å²) in [4.78, 5) is 15.9. The predicted octanol–water partition coefficient (Wildman–Crippen LogP) is 6.65. The molecule has 0 saturated carbocycles. The Balaban J connectivity index is 1.55. The highest BCUT2D eigenvalue weighted by atomic mass is 35.5. The third-order valence-electron chi connectivity index (χ3n) is 6.04. The van der Waals surface area contributed by atoms with Gasteiger partial charge in [0.05, 0.1) is 34.5 Å². The van der Waals surface area contributed by atoms with E-state index in [0.717, 1.165) is 24.1 Å². The fraction of sp³-hybridized carbons (Fsp3) is 0.259. The molecule has 2 aromatic heterocycles. The Morgan fingerprint density at radius 3 is 2.78 bits per heavy atom. The van der Waals surface area contributed by atoms with Gasteiger partial charge in [0.2, 0.25) is 5.88 Å². The van der Waals surface area contributed by atoms with Gasteiger partial charge in [-0.2, -0.15) is 5.10 Å². The summed E-state index contributed by atoms with van der Waals surface area (Å²) in [6, 6.07) is 16.8. The molecule has 1 atom stereocenters. The maximum Gasteiger partial charge on any atom is 0.264 e. The molecule has 0 spiro atoms. The first-order valence-corrected chi connectivity index (χ1v) is 13.0. The number of ether oxygens (including phenoxy) is 2. The number of rotatable bonds is 8. The molecule has 0 N–H and O–H groups in total. The Labute approximate surface area is 217 Å². The van der Waals surface area contributed by atoms with Crippen LogP contribution in [0.5, 0.6) is 11.6 Å². The summed E-state index contributed by atoms with van der Waals surface area (Å²) < 4.78 is 27.7. The van der Waals surface area contributed by atoms with Crippen molar-refractivity contribution in [2.24, 2.45) is 0 Å². The highest BCUT2D eigenvalue weighted by Gasteiger charge is 2.28. The number of amides is 1. The third kappa shape index (κ3) is 5.46. The number of carbonyl (C=O) groups excluding carboxylic acids is 1. The molecule has 0 aliphatic carbocycles. The van der Waals surface area contributed by atoms with E-state index in [9.17, 15) is 9.18 Å². The molecule has 0 radical (unpaired) electrons. The normalized spacial score (nSPS) is 15.2.